The summed E-state index contributed by atoms with van der Waals surface area (Å²) in [6.07, 6.45) is -0.280. The van der Waals surface area contributed by atoms with Gasteiger partial charge in [0.1, 0.15) is 4.88 Å². The molecule has 0 spiro atoms. The Morgan fingerprint density at radius 3 is 2.52 bits per heavy atom. The number of aromatic nitrogens is 1. The number of anilines is 1. The van der Waals surface area contributed by atoms with Crippen molar-refractivity contribution in [2.24, 2.45) is 5.73 Å². The minimum Gasteiger partial charge on any atom is -0.481 e. The Morgan fingerprint density at radius 2 is 1.93 bits per heavy atom. The van der Waals surface area contributed by atoms with E-state index < -0.39 is 23.8 Å². The molecule has 0 fully saturated rings. The van der Waals surface area contributed by atoms with Gasteiger partial charge >= 0.3 is 5.97 Å². The summed E-state index contributed by atoms with van der Waals surface area (Å²) in [6, 6.07) is 8.01. The number of hydrogen-bond acceptors (Lipinski definition) is 6. The van der Waals surface area contributed by atoms with Crippen LogP contribution < -0.4 is 21.7 Å². The summed E-state index contributed by atoms with van der Waals surface area (Å²) in [6.45, 7) is 1.30. The van der Waals surface area contributed by atoms with Crippen LogP contribution in [0.3, 0.4) is 0 Å². The molecule has 1 aromatic heterocycles. The zero-order chi connectivity index (χ0) is 20.7. The Balaban J connectivity index is 0.00000420. The van der Waals surface area contributed by atoms with Crippen molar-refractivity contribution in [3.05, 3.63) is 46.5 Å². The van der Waals surface area contributed by atoms with Gasteiger partial charge in [0.05, 0.1) is 24.7 Å². The Bertz CT molecular complexity index is 889. The molecule has 1 heterocycles. The molecule has 1 aromatic carbocycles. The maximum atomic E-state index is 12.3. The van der Waals surface area contributed by atoms with E-state index in [2.05, 4.69) is 20.9 Å². The average Bonchev–Trinajstić information content (AvgIpc) is 2.99. The lowest BCUT2D eigenvalue weighted by atomic mass is 10.0. The van der Waals surface area contributed by atoms with Gasteiger partial charge in [0.2, 0.25) is 5.91 Å². The highest BCUT2D eigenvalue weighted by Crippen LogP contribution is 2.22. The van der Waals surface area contributed by atoms with Gasteiger partial charge in [-0.3, -0.25) is 19.8 Å². The Morgan fingerprint density at radius 1 is 1.28 bits per heavy atom. The highest BCUT2D eigenvalue weighted by atomic mass is 35.5. The Hall–Kier alpha value is -3.18. The van der Waals surface area contributed by atoms with Gasteiger partial charge in [-0.05, 0) is 12.5 Å². The quantitative estimate of drug-likeness (QED) is 0.265. The summed E-state index contributed by atoms with van der Waals surface area (Å²) in [4.78, 5) is 39.9. The smallest absolute Gasteiger partial charge is 0.305 e. The van der Waals surface area contributed by atoms with E-state index in [9.17, 15) is 14.4 Å². The number of halogens is 1. The van der Waals surface area contributed by atoms with Crippen molar-refractivity contribution in [3.8, 4) is 0 Å². The van der Waals surface area contributed by atoms with Crippen LogP contribution in [-0.2, 0) is 9.59 Å². The third kappa shape index (κ3) is 7.39. The topological polar surface area (TPSA) is 170 Å². The largest absolute Gasteiger partial charge is 0.481 e. The molecule has 0 bridgehead atoms. The molecule has 0 radical (unpaired) electrons. The predicted molar refractivity (Wildman–Crippen MR) is 112 cm³/mol. The molecule has 2 amide bonds. The number of hydrogen-bond donors (Lipinski definition) is 6. The summed E-state index contributed by atoms with van der Waals surface area (Å²) in [5.74, 6) is -2.38. The number of nitrogens with two attached hydrogens (primary N) is 1. The number of aryl methyl sites for hydroxylation is 1. The van der Waals surface area contributed by atoms with Gasteiger partial charge in [-0.2, -0.15) is 0 Å². The summed E-state index contributed by atoms with van der Waals surface area (Å²) >= 11 is 1.00. The number of aliphatic carboxylic acids is 1. The Labute approximate surface area is 176 Å². The highest BCUT2D eigenvalue weighted by molar-refractivity contribution is 7.17. The first kappa shape index (κ1) is 23.9. The van der Waals surface area contributed by atoms with E-state index in [-0.39, 0.29) is 36.2 Å². The summed E-state index contributed by atoms with van der Waals surface area (Å²) in [5.41, 5.74) is 6.32. The standard InChI is InChI=1S/C17H20N6O4S.ClH/c1-9-14(28-17(21-9)23-16(18)19)15(27)20-8-12(24)22-11(7-13(25)26)10-5-3-2-4-6-10;/h2-6,11H,7-8H2,1H3,(H,20,27)(H,22,24)(H,25,26)(H4,18,19,21,23);1H. The van der Waals surface area contributed by atoms with Crippen LogP contribution >= 0.6 is 23.7 Å². The number of benzene rings is 1. The number of amides is 2. The average molecular weight is 441 g/mol. The van der Waals surface area contributed by atoms with Crippen molar-refractivity contribution in [3.63, 3.8) is 0 Å². The van der Waals surface area contributed by atoms with Crippen molar-refractivity contribution >= 4 is 52.6 Å². The molecule has 12 heteroatoms. The first-order valence-electron chi connectivity index (χ1n) is 8.19. The van der Waals surface area contributed by atoms with E-state index in [1.54, 1.807) is 37.3 Å². The van der Waals surface area contributed by atoms with E-state index in [0.717, 1.165) is 11.3 Å². The third-order valence-electron chi connectivity index (χ3n) is 3.57. The van der Waals surface area contributed by atoms with Gasteiger partial charge in [-0.1, -0.05) is 41.7 Å². The number of nitrogens with one attached hydrogen (secondary N) is 4. The Kier molecular flexibility index (Phi) is 9.03. The van der Waals surface area contributed by atoms with Gasteiger partial charge in [0.15, 0.2) is 11.1 Å². The van der Waals surface area contributed by atoms with Gasteiger partial charge in [-0.15, -0.1) is 12.4 Å². The van der Waals surface area contributed by atoms with E-state index >= 15 is 0 Å². The van der Waals surface area contributed by atoms with Crippen molar-refractivity contribution in [1.29, 1.82) is 5.41 Å². The molecule has 0 aliphatic heterocycles. The van der Waals surface area contributed by atoms with Crippen LogP contribution in [0.2, 0.25) is 0 Å². The minimum absolute atomic E-state index is 0. The van der Waals surface area contributed by atoms with Crippen molar-refractivity contribution < 1.29 is 19.5 Å². The molecule has 156 valence electrons. The van der Waals surface area contributed by atoms with E-state index in [4.69, 9.17) is 16.2 Å². The zero-order valence-electron chi connectivity index (χ0n) is 15.4. The number of thiazole rings is 1. The lowest BCUT2D eigenvalue weighted by Gasteiger charge is -2.17. The number of carboxylic acids is 1. The molecule has 1 unspecified atom stereocenters. The molecule has 1 atom stereocenters. The molecule has 10 nitrogen and oxygen atoms in total. The van der Waals surface area contributed by atoms with Crippen molar-refractivity contribution in [2.45, 2.75) is 19.4 Å². The van der Waals surface area contributed by atoms with E-state index in [1.807, 2.05) is 0 Å². The molecular formula is C17H21ClN6O4S. The van der Waals surface area contributed by atoms with Gasteiger partial charge < -0.3 is 26.8 Å². The molecule has 0 aliphatic rings. The first-order valence-corrected chi connectivity index (χ1v) is 9.00. The molecule has 29 heavy (non-hydrogen) atoms. The van der Waals surface area contributed by atoms with Gasteiger partial charge in [0.25, 0.3) is 5.91 Å². The number of carbonyl (C=O) groups is 3. The molecule has 0 saturated heterocycles. The first-order chi connectivity index (χ1) is 13.3. The zero-order valence-corrected chi connectivity index (χ0v) is 17.0. The van der Waals surface area contributed by atoms with Gasteiger partial charge in [0, 0.05) is 0 Å². The van der Waals surface area contributed by atoms with E-state index in [1.165, 1.54) is 0 Å². The fraction of sp³-hybridized carbons (Fsp3) is 0.235. The normalized spacial score (nSPS) is 10.9. The predicted octanol–water partition coefficient (Wildman–Crippen LogP) is 1.24. The summed E-state index contributed by atoms with van der Waals surface area (Å²) < 4.78 is 0. The number of nitrogens with zero attached hydrogens (tertiary/aromatic N) is 1. The van der Waals surface area contributed by atoms with Crippen LogP contribution in [0.5, 0.6) is 0 Å². The number of rotatable bonds is 8. The second kappa shape index (κ2) is 11.0. The molecule has 2 rings (SSSR count). The lowest BCUT2D eigenvalue weighted by Crippen LogP contribution is -2.39. The molecular weight excluding hydrogens is 420 g/mol. The van der Waals surface area contributed by atoms with E-state index in [0.29, 0.717) is 16.4 Å². The molecule has 7 N–H and O–H groups in total. The van der Waals surface area contributed by atoms with Crippen LogP contribution in [0.15, 0.2) is 30.3 Å². The number of carboxylic acid groups (broad SMARTS) is 1. The second-order valence-corrected chi connectivity index (χ2v) is 6.78. The maximum Gasteiger partial charge on any atom is 0.305 e. The van der Waals surface area contributed by atoms with Crippen LogP contribution in [0.4, 0.5) is 5.13 Å². The summed E-state index contributed by atoms with van der Waals surface area (Å²) in [7, 11) is 0. The van der Waals surface area contributed by atoms with Crippen molar-refractivity contribution in [2.75, 3.05) is 11.9 Å². The van der Waals surface area contributed by atoms with Gasteiger partial charge in [-0.25, -0.2) is 4.98 Å². The van der Waals surface area contributed by atoms with Crippen LogP contribution in [0, 0.1) is 12.3 Å². The molecule has 2 aromatic rings. The van der Waals surface area contributed by atoms with Crippen LogP contribution in [-0.4, -0.2) is 40.4 Å². The fourth-order valence-corrected chi connectivity index (χ4v) is 3.27. The number of guanidine groups is 1. The fourth-order valence-electron chi connectivity index (χ4n) is 2.37. The third-order valence-corrected chi connectivity index (χ3v) is 4.64. The monoisotopic (exact) mass is 440 g/mol. The highest BCUT2D eigenvalue weighted by Gasteiger charge is 2.20. The number of carbonyl (C=O) groups excluding carboxylic acids is 2. The SMILES string of the molecule is Cc1nc(NC(=N)N)sc1C(=O)NCC(=O)NC(CC(=O)O)c1ccccc1.Cl. The lowest BCUT2D eigenvalue weighted by molar-refractivity contribution is -0.137. The van der Waals surface area contributed by atoms with Crippen LogP contribution in [0.25, 0.3) is 0 Å². The maximum absolute atomic E-state index is 12.3. The minimum atomic E-state index is -1.05. The van der Waals surface area contributed by atoms with Crippen LogP contribution in [0.1, 0.15) is 33.4 Å². The molecule has 0 saturated carbocycles. The molecule has 0 aliphatic carbocycles. The second-order valence-electron chi connectivity index (χ2n) is 5.78. The van der Waals surface area contributed by atoms with Crippen molar-refractivity contribution in [1.82, 2.24) is 15.6 Å². The summed E-state index contributed by atoms with van der Waals surface area (Å²) in [5, 5.41) is 24.1.